The molecule has 10 aromatic rings. The zero-order chi connectivity index (χ0) is 68.5. The maximum atomic E-state index is 16.9. The van der Waals surface area contributed by atoms with Crippen molar-refractivity contribution in [2.75, 3.05) is 19.8 Å². The lowest BCUT2D eigenvalue weighted by Crippen LogP contribution is -2.51. The molecule has 13 rings (SSSR count). The van der Waals surface area contributed by atoms with Gasteiger partial charge in [-0.25, -0.2) is 60.8 Å². The van der Waals surface area contributed by atoms with Crippen LogP contribution in [0.4, 0.5) is 13.2 Å². The van der Waals surface area contributed by atoms with Crippen LogP contribution in [0.15, 0.2) is 177 Å². The van der Waals surface area contributed by atoms with E-state index in [1.54, 1.807) is 136 Å². The molecular weight excluding hydrogens is 1250 g/mol. The second-order valence-electron chi connectivity index (χ2n) is 23.3. The highest BCUT2D eigenvalue weighted by molar-refractivity contribution is 5.91. The molecule has 0 aliphatic carbocycles. The number of hydrogen-bond acceptors (Lipinski definition) is 22. The van der Waals surface area contributed by atoms with Crippen molar-refractivity contribution >= 4 is 40.4 Å². The summed E-state index contributed by atoms with van der Waals surface area (Å²) in [6, 6.07) is 43.9. The number of alkyl halides is 3. The molecule has 3 aliphatic heterocycles. The van der Waals surface area contributed by atoms with E-state index < -0.39 is 115 Å². The molecule has 4 N–H and O–H groups in total. The summed E-state index contributed by atoms with van der Waals surface area (Å²) >= 11 is 0. The van der Waals surface area contributed by atoms with Gasteiger partial charge in [-0.05, 0) is 126 Å². The molecule has 0 spiro atoms. The number of benzene rings is 4. The molecule has 3 saturated heterocycles. The van der Waals surface area contributed by atoms with Crippen molar-refractivity contribution < 1.29 is 85.9 Å². The summed E-state index contributed by atoms with van der Waals surface area (Å²) in [6.45, 7) is 6.90. The average molecular weight is 1320 g/mol. The van der Waals surface area contributed by atoms with E-state index in [0.717, 1.165) is 20.8 Å². The molecule has 496 valence electrons. The summed E-state index contributed by atoms with van der Waals surface area (Å²) in [5, 5.41) is 64.1. The zero-order valence-electron chi connectivity index (χ0n) is 52.2. The SMILES string of the molecule is Cc1ncnn2c(C3(C#N)O[C@H](COC(=O)c4ccccc4)[C@@H](OC(=O)c4ccccc4)[C@@]3(C)F)ccc12.Cc1ncnn2c(C3(O)O[C@H](CO)[C@@H](O)[C@@]3(C)F)ccc12.Cc1ncnn2c([C@]3(O)O[C@H](COC(=O)c4ccccc4)[C@@H](OC(=O)c4ccccc4)[C@@]3(C)F)ccc12. The van der Waals surface area contributed by atoms with Crippen LogP contribution >= 0.6 is 0 Å². The number of aromatic nitrogens is 9. The summed E-state index contributed by atoms with van der Waals surface area (Å²) in [5.41, 5.74) is -5.47. The quantitative estimate of drug-likeness (QED) is 0.0627. The van der Waals surface area contributed by atoms with Gasteiger partial charge in [0.25, 0.3) is 0 Å². The molecule has 0 saturated carbocycles. The Bertz CT molecular complexity index is 4540. The van der Waals surface area contributed by atoms with Crippen LogP contribution in [0.25, 0.3) is 16.6 Å². The van der Waals surface area contributed by atoms with E-state index in [0.29, 0.717) is 33.6 Å². The molecule has 0 radical (unpaired) electrons. The monoisotopic (exact) mass is 1320 g/mol. The summed E-state index contributed by atoms with van der Waals surface area (Å²) in [4.78, 5) is 63.3. The third-order valence-electron chi connectivity index (χ3n) is 17.2. The van der Waals surface area contributed by atoms with Crippen molar-refractivity contribution in [2.45, 2.75) is 112 Å². The lowest BCUT2D eigenvalue weighted by atomic mass is 9.81. The number of halogens is 3. The Hall–Kier alpha value is -10.4. The molecule has 12 atom stereocenters. The minimum Gasteiger partial charge on any atom is -0.459 e. The fourth-order valence-electron chi connectivity index (χ4n) is 11.8. The van der Waals surface area contributed by atoms with Gasteiger partial charge in [-0.15, -0.1) is 0 Å². The normalized spacial score (nSPS) is 27.4. The summed E-state index contributed by atoms with van der Waals surface area (Å²) < 4.78 is 91.6. The van der Waals surface area contributed by atoms with Crippen molar-refractivity contribution in [1.82, 2.24) is 43.8 Å². The third kappa shape index (κ3) is 11.8. The van der Waals surface area contributed by atoms with E-state index >= 15 is 8.78 Å². The predicted molar refractivity (Wildman–Crippen MR) is 329 cm³/mol. The number of esters is 4. The number of carbonyl (C=O) groups excluding carboxylic acids is 4. The third-order valence-corrected chi connectivity index (χ3v) is 17.2. The summed E-state index contributed by atoms with van der Waals surface area (Å²) in [7, 11) is 0. The van der Waals surface area contributed by atoms with E-state index in [2.05, 4.69) is 30.2 Å². The Labute approximate surface area is 544 Å². The Balaban J connectivity index is 0.000000152. The second kappa shape index (κ2) is 26.4. The van der Waals surface area contributed by atoms with E-state index in [1.807, 2.05) is 6.07 Å². The molecule has 2 unspecified atom stereocenters. The van der Waals surface area contributed by atoms with Gasteiger partial charge in [-0.1, -0.05) is 72.8 Å². The van der Waals surface area contributed by atoms with Crippen LogP contribution in [0.5, 0.6) is 0 Å². The average Bonchev–Trinajstić information content (AvgIpc) is 1.56. The highest BCUT2D eigenvalue weighted by atomic mass is 19.2. The van der Waals surface area contributed by atoms with E-state index in [9.17, 15) is 44.2 Å². The predicted octanol–water partition coefficient (Wildman–Crippen LogP) is 7.02. The number of fused-ring (bicyclic) bond motifs is 3. The number of aliphatic hydroxyl groups excluding tert-OH is 2. The molecule has 28 heteroatoms. The largest absolute Gasteiger partial charge is 0.459 e. The van der Waals surface area contributed by atoms with Crippen molar-refractivity contribution in [3.05, 3.63) is 233 Å². The summed E-state index contributed by atoms with van der Waals surface area (Å²) in [5.74, 6) is -8.01. The number of nitriles is 1. The first-order chi connectivity index (χ1) is 45.8. The molecule has 3 fully saturated rings. The van der Waals surface area contributed by atoms with Crippen molar-refractivity contribution in [2.24, 2.45) is 0 Å². The van der Waals surface area contributed by atoms with Crippen LogP contribution in [-0.2, 0) is 50.3 Å². The highest BCUT2D eigenvalue weighted by Gasteiger charge is 2.71. The van der Waals surface area contributed by atoms with Crippen LogP contribution in [-0.4, -0.2) is 162 Å². The number of aryl methyl sites for hydroxylation is 3. The number of hydrogen-bond donors (Lipinski definition) is 4. The first kappa shape index (κ1) is 67.1. The minimum atomic E-state index is -2.67. The van der Waals surface area contributed by atoms with Crippen molar-refractivity contribution in [1.29, 1.82) is 5.26 Å². The fraction of sp³-hybridized carbons (Fsp3) is 0.309. The number of rotatable bonds is 14. The van der Waals surface area contributed by atoms with E-state index in [4.69, 9.17) is 38.3 Å². The number of carbonyl (C=O) groups is 4. The number of nitrogens with zero attached hydrogens (tertiary/aromatic N) is 10. The van der Waals surface area contributed by atoms with Gasteiger partial charge < -0.3 is 53.6 Å². The molecule has 96 heavy (non-hydrogen) atoms. The Morgan fingerprint density at radius 1 is 0.490 bits per heavy atom. The Morgan fingerprint density at radius 2 is 0.823 bits per heavy atom. The maximum Gasteiger partial charge on any atom is 0.338 e. The van der Waals surface area contributed by atoms with Crippen molar-refractivity contribution in [3.8, 4) is 6.07 Å². The van der Waals surface area contributed by atoms with Crippen LogP contribution in [0.3, 0.4) is 0 Å². The molecule has 9 heterocycles. The minimum absolute atomic E-state index is 0.0306. The zero-order valence-corrected chi connectivity index (χ0v) is 52.2. The highest BCUT2D eigenvalue weighted by Crippen LogP contribution is 2.53. The van der Waals surface area contributed by atoms with Crippen LogP contribution in [0.2, 0.25) is 0 Å². The van der Waals surface area contributed by atoms with Gasteiger partial charge >= 0.3 is 23.9 Å². The molecule has 3 aliphatic rings. The standard InChI is InChI=1S/C28H23FN4O5.C27H24FN3O6.C13H16FN3O4/c1-18-21-13-14-23(33(21)32-17-31-18)28(16-30)27(2,29)24(37-26(35)20-11-7-4-8-12-20)22(38-28)15-36-25(34)19-9-5-3-6-10-19;1-17-20-13-14-22(31(20)30-16-29-17)27(34)26(2,28)23(36-25(33)19-11-7-4-8-12-19)21(37-27)15-35-24(32)18-9-5-3-6-10-18;1-7-8-3-4-10(17(8)16-6-15-7)13(20)12(2,14)11(19)9(5-18)21-13/h3-14,17,22,24H,15H2,1-2H3;3-14,16,21,23,34H,15H2,1-2H3;3-4,6,9,11,18-20H,5H2,1-2H3/t22-,24-,27-,28?;21-,23-,26-,27+;9-,11-,12-,13?/m111/s1. The molecule has 6 aromatic heterocycles. The van der Waals surface area contributed by atoms with Crippen molar-refractivity contribution in [3.63, 3.8) is 0 Å². The van der Waals surface area contributed by atoms with Gasteiger partial charge in [-0.2, -0.15) is 20.6 Å². The Morgan fingerprint density at radius 3 is 1.20 bits per heavy atom. The first-order valence-corrected chi connectivity index (χ1v) is 29.9. The lowest BCUT2D eigenvalue weighted by molar-refractivity contribution is -0.256. The smallest absolute Gasteiger partial charge is 0.338 e. The van der Waals surface area contributed by atoms with Gasteiger partial charge in [0.15, 0.2) is 23.5 Å². The van der Waals surface area contributed by atoms with E-state index in [-0.39, 0.29) is 39.3 Å². The second-order valence-corrected chi connectivity index (χ2v) is 23.3. The van der Waals surface area contributed by atoms with Gasteiger partial charge in [0, 0.05) is 0 Å². The molecular formula is C68H63F3N10O15. The lowest BCUT2D eigenvalue weighted by Gasteiger charge is -2.32. The number of ether oxygens (including phenoxy) is 7. The van der Waals surface area contributed by atoms with Crippen LogP contribution in [0.1, 0.15) is 96.4 Å². The topological polar surface area (TPSA) is 328 Å². The fourth-order valence-corrected chi connectivity index (χ4v) is 11.8. The van der Waals surface area contributed by atoms with Gasteiger partial charge in [-0.3, -0.25) is 0 Å². The molecule has 4 aromatic carbocycles. The summed E-state index contributed by atoms with van der Waals surface area (Å²) in [6.07, 6.45) is -4.94. The van der Waals surface area contributed by atoms with Gasteiger partial charge in [0.2, 0.25) is 22.8 Å². The van der Waals surface area contributed by atoms with Crippen LogP contribution in [0, 0.1) is 32.1 Å². The number of aliphatic hydroxyl groups is 4. The van der Waals surface area contributed by atoms with E-state index in [1.165, 1.54) is 75.0 Å². The van der Waals surface area contributed by atoms with Crippen LogP contribution < -0.4 is 0 Å². The Kier molecular flexibility index (Phi) is 18.5. The molecule has 0 amide bonds. The first-order valence-electron chi connectivity index (χ1n) is 29.9. The van der Waals surface area contributed by atoms with Gasteiger partial charge in [0.1, 0.15) is 74.1 Å². The maximum absolute atomic E-state index is 16.9. The molecule has 0 bridgehead atoms. The van der Waals surface area contributed by atoms with Gasteiger partial charge in [0.05, 0.1) is 68.2 Å². The molecule has 25 nitrogen and oxygen atoms in total.